The summed E-state index contributed by atoms with van der Waals surface area (Å²) in [4.78, 5) is 40.8. The van der Waals surface area contributed by atoms with Gasteiger partial charge in [0.05, 0.1) is 11.6 Å². The monoisotopic (exact) mass is 516 g/mol. The maximum Gasteiger partial charge on any atom is 0.431 e. The van der Waals surface area contributed by atoms with Gasteiger partial charge in [0.15, 0.2) is 18.1 Å². The Labute approximate surface area is 201 Å². The Morgan fingerprint density at radius 3 is 2.60 bits per heavy atom. The van der Waals surface area contributed by atoms with Crippen molar-refractivity contribution >= 4 is 29.3 Å². The normalized spacial score (nSPS) is 16.1. The molecule has 0 saturated heterocycles. The number of hydrogen-bond donors (Lipinski definition) is 0. The van der Waals surface area contributed by atoms with Crippen LogP contribution in [0.1, 0.15) is 18.4 Å². The molecular formula is C22H17ClF4N2O6. The van der Waals surface area contributed by atoms with Crippen molar-refractivity contribution in [1.29, 1.82) is 0 Å². The number of nitrogens with zero attached hydrogens (tertiary/aromatic N) is 2. The van der Waals surface area contributed by atoms with Crippen LogP contribution in [-0.4, -0.2) is 54.0 Å². The molecule has 1 unspecified atom stereocenters. The van der Waals surface area contributed by atoms with E-state index in [1.54, 1.807) is 6.92 Å². The summed E-state index contributed by atoms with van der Waals surface area (Å²) in [5.41, 5.74) is -2.00. The zero-order valence-electron chi connectivity index (χ0n) is 18.2. The average molecular weight is 517 g/mol. The Morgan fingerprint density at radius 1 is 1.23 bits per heavy atom. The Hall–Kier alpha value is -3.67. The molecule has 2 heterocycles. The summed E-state index contributed by atoms with van der Waals surface area (Å²) in [5.74, 6) is -6.65. The number of pyridine rings is 1. The number of halogens is 5. The van der Waals surface area contributed by atoms with Crippen LogP contribution in [0.25, 0.3) is 0 Å². The van der Waals surface area contributed by atoms with Crippen LogP contribution in [0.3, 0.4) is 0 Å². The quantitative estimate of drug-likeness (QED) is 0.309. The second-order valence-electron chi connectivity index (χ2n) is 7.07. The SMILES string of the molecule is CCOC(=O)COc1ncccc1Oc1cc(C2C(=O)C=C(C(F)(F)F)N(C)C2=O)c(F)cc1Cl. The third-order valence-electron chi connectivity index (χ3n) is 4.74. The number of rotatable bonds is 7. The van der Waals surface area contributed by atoms with Crippen LogP contribution in [0.5, 0.6) is 17.4 Å². The molecule has 0 spiro atoms. The minimum absolute atomic E-state index is 0.0612. The lowest BCUT2D eigenvalue weighted by atomic mass is 9.89. The molecule has 1 aliphatic heterocycles. The molecule has 0 aliphatic carbocycles. The van der Waals surface area contributed by atoms with Gasteiger partial charge in [0.2, 0.25) is 5.91 Å². The fourth-order valence-electron chi connectivity index (χ4n) is 3.16. The van der Waals surface area contributed by atoms with E-state index in [2.05, 4.69) is 4.98 Å². The maximum absolute atomic E-state index is 14.7. The van der Waals surface area contributed by atoms with Crippen molar-refractivity contribution in [2.24, 2.45) is 0 Å². The lowest BCUT2D eigenvalue weighted by molar-refractivity contribution is -0.147. The number of carbonyl (C=O) groups is 3. The van der Waals surface area contributed by atoms with E-state index >= 15 is 0 Å². The molecular weight excluding hydrogens is 500 g/mol. The first-order valence-corrected chi connectivity index (χ1v) is 10.3. The van der Waals surface area contributed by atoms with E-state index in [4.69, 9.17) is 25.8 Å². The first-order chi connectivity index (χ1) is 16.4. The maximum atomic E-state index is 14.7. The molecule has 1 aromatic carbocycles. The molecule has 0 radical (unpaired) electrons. The highest BCUT2D eigenvalue weighted by Crippen LogP contribution is 2.40. The number of benzene rings is 1. The van der Waals surface area contributed by atoms with Crippen LogP contribution in [-0.2, 0) is 19.1 Å². The number of ether oxygens (including phenoxy) is 3. The molecule has 0 bridgehead atoms. The van der Waals surface area contributed by atoms with E-state index in [1.165, 1.54) is 18.3 Å². The molecule has 1 aliphatic rings. The number of aromatic nitrogens is 1. The van der Waals surface area contributed by atoms with Crippen molar-refractivity contribution in [3.05, 3.63) is 58.6 Å². The minimum atomic E-state index is -4.96. The van der Waals surface area contributed by atoms with Gasteiger partial charge in [-0.1, -0.05) is 11.6 Å². The number of esters is 1. The van der Waals surface area contributed by atoms with Crippen molar-refractivity contribution in [3.63, 3.8) is 0 Å². The molecule has 0 N–H and O–H groups in total. The summed E-state index contributed by atoms with van der Waals surface area (Å²) >= 11 is 6.05. The number of likely N-dealkylation sites (N-methyl/N-ethyl adjacent to an activating group) is 1. The number of allylic oxidation sites excluding steroid dienone is 2. The van der Waals surface area contributed by atoms with E-state index in [9.17, 15) is 31.9 Å². The van der Waals surface area contributed by atoms with E-state index < -0.39 is 53.4 Å². The van der Waals surface area contributed by atoms with Crippen LogP contribution >= 0.6 is 11.6 Å². The highest BCUT2D eigenvalue weighted by molar-refractivity contribution is 6.32. The van der Waals surface area contributed by atoms with E-state index in [0.717, 1.165) is 19.2 Å². The second kappa shape index (κ2) is 10.3. The van der Waals surface area contributed by atoms with Gasteiger partial charge >= 0.3 is 12.1 Å². The number of carbonyl (C=O) groups excluding carboxylic acids is 3. The van der Waals surface area contributed by atoms with Gasteiger partial charge in [0.1, 0.15) is 23.2 Å². The molecule has 0 saturated carbocycles. The number of amides is 1. The van der Waals surface area contributed by atoms with Gasteiger partial charge in [0.25, 0.3) is 5.88 Å². The molecule has 35 heavy (non-hydrogen) atoms. The van der Waals surface area contributed by atoms with Gasteiger partial charge in [-0.2, -0.15) is 13.2 Å². The predicted octanol–water partition coefficient (Wildman–Crippen LogP) is 4.18. The van der Waals surface area contributed by atoms with Crippen LogP contribution in [0.4, 0.5) is 17.6 Å². The van der Waals surface area contributed by atoms with Gasteiger partial charge in [-0.3, -0.25) is 9.59 Å². The predicted molar refractivity (Wildman–Crippen MR) is 113 cm³/mol. The van der Waals surface area contributed by atoms with E-state index in [0.29, 0.717) is 0 Å². The summed E-state index contributed by atoms with van der Waals surface area (Å²) in [6, 6.07) is 4.53. The molecule has 0 fully saturated rings. The van der Waals surface area contributed by atoms with E-state index in [1.807, 2.05) is 0 Å². The fraction of sp³-hybridized carbons (Fsp3) is 0.273. The molecule has 186 valence electrons. The van der Waals surface area contributed by atoms with Crippen LogP contribution < -0.4 is 9.47 Å². The Balaban J connectivity index is 1.95. The zero-order chi connectivity index (χ0) is 25.9. The molecule has 3 rings (SSSR count). The summed E-state index contributed by atoms with van der Waals surface area (Å²) in [7, 11) is 0.829. The van der Waals surface area contributed by atoms with E-state index in [-0.39, 0.29) is 40.0 Å². The fourth-order valence-corrected chi connectivity index (χ4v) is 3.35. The molecule has 13 heteroatoms. The van der Waals surface area contributed by atoms with Gasteiger partial charge in [-0.15, -0.1) is 0 Å². The molecule has 2 aromatic rings. The number of alkyl halides is 3. The molecule has 1 amide bonds. The summed E-state index contributed by atoms with van der Waals surface area (Å²) in [6.45, 7) is 1.25. The number of hydrogen-bond acceptors (Lipinski definition) is 7. The Morgan fingerprint density at radius 2 is 1.94 bits per heavy atom. The summed E-state index contributed by atoms with van der Waals surface area (Å²) < 4.78 is 69.8. The van der Waals surface area contributed by atoms with Crippen LogP contribution in [0.15, 0.2) is 42.2 Å². The largest absolute Gasteiger partial charge is 0.463 e. The van der Waals surface area contributed by atoms with Gasteiger partial charge < -0.3 is 19.1 Å². The van der Waals surface area contributed by atoms with Gasteiger partial charge in [0, 0.05) is 24.9 Å². The zero-order valence-corrected chi connectivity index (χ0v) is 18.9. The molecule has 1 aromatic heterocycles. The standard InChI is InChI=1S/C22H17ClF4N2O6/c1-3-33-18(31)10-34-20-15(5-4-6-28-20)35-16-7-11(13(24)8-12(16)23)19-14(30)9-17(22(25,26)27)29(2)21(19)32/h4-9,19H,3,10H2,1-2H3. The van der Waals surface area contributed by atoms with Crippen molar-refractivity contribution in [1.82, 2.24) is 9.88 Å². The van der Waals surface area contributed by atoms with Crippen LogP contribution in [0.2, 0.25) is 5.02 Å². The van der Waals surface area contributed by atoms with Crippen molar-refractivity contribution < 1.29 is 46.2 Å². The highest BCUT2D eigenvalue weighted by Gasteiger charge is 2.46. The van der Waals surface area contributed by atoms with Gasteiger partial charge in [-0.25, -0.2) is 14.2 Å². The average Bonchev–Trinajstić information content (AvgIpc) is 2.78. The first kappa shape index (κ1) is 25.9. The third-order valence-corrected chi connectivity index (χ3v) is 5.04. The smallest absolute Gasteiger partial charge is 0.431 e. The molecule has 1 atom stereocenters. The Bertz CT molecular complexity index is 1200. The Kier molecular flexibility index (Phi) is 7.64. The lowest BCUT2D eigenvalue weighted by Gasteiger charge is -2.30. The summed E-state index contributed by atoms with van der Waals surface area (Å²) in [6.07, 6.45) is -3.38. The third kappa shape index (κ3) is 5.70. The highest BCUT2D eigenvalue weighted by atomic mass is 35.5. The van der Waals surface area contributed by atoms with Crippen molar-refractivity contribution in [2.45, 2.75) is 19.0 Å². The van der Waals surface area contributed by atoms with Crippen molar-refractivity contribution in [3.8, 4) is 17.4 Å². The lowest BCUT2D eigenvalue weighted by Crippen LogP contribution is -2.43. The minimum Gasteiger partial charge on any atom is -0.463 e. The topological polar surface area (TPSA) is 95.0 Å². The van der Waals surface area contributed by atoms with Gasteiger partial charge in [-0.05, 0) is 31.2 Å². The van der Waals surface area contributed by atoms with Crippen LogP contribution in [0, 0.1) is 5.82 Å². The van der Waals surface area contributed by atoms with Crippen molar-refractivity contribution in [2.75, 3.05) is 20.3 Å². The summed E-state index contributed by atoms with van der Waals surface area (Å²) in [5, 5.41) is -0.276. The first-order valence-electron chi connectivity index (χ1n) is 9.94. The second-order valence-corrected chi connectivity index (χ2v) is 7.47. The molecule has 8 nitrogen and oxygen atoms in total. The number of ketones is 1.